The van der Waals surface area contributed by atoms with Gasteiger partial charge in [0.25, 0.3) is 0 Å². The maximum atomic E-state index is 12.6. The largest absolute Gasteiger partial charge is 0.199 e. The fourth-order valence-electron chi connectivity index (χ4n) is 3.74. The van der Waals surface area contributed by atoms with E-state index in [2.05, 4.69) is 31.2 Å². The molecule has 2 heteroatoms. The van der Waals surface area contributed by atoms with Crippen molar-refractivity contribution < 1.29 is 4.39 Å². The van der Waals surface area contributed by atoms with Crippen molar-refractivity contribution in [2.45, 2.75) is 64.7 Å². The Hall–Kier alpha value is -1.88. The third-order valence-corrected chi connectivity index (χ3v) is 5.47. The lowest BCUT2D eigenvalue weighted by Gasteiger charge is -2.28. The van der Waals surface area contributed by atoms with Crippen LogP contribution >= 0.6 is 0 Å². The average molecular weight is 339 g/mol. The van der Waals surface area contributed by atoms with Crippen molar-refractivity contribution in [2.75, 3.05) is 0 Å². The number of hydrogen-bond donors (Lipinski definition) is 0. The minimum atomic E-state index is -0.721. The molecule has 134 valence electrons. The van der Waals surface area contributed by atoms with Gasteiger partial charge in [-0.3, -0.25) is 0 Å². The van der Waals surface area contributed by atoms with E-state index < -0.39 is 5.83 Å². The molecule has 1 aliphatic carbocycles. The Kier molecular flexibility index (Phi) is 8.46. The molecule has 0 unspecified atom stereocenters. The molecule has 1 aromatic carbocycles. The van der Waals surface area contributed by atoms with E-state index in [0.717, 1.165) is 24.7 Å². The van der Waals surface area contributed by atoms with Gasteiger partial charge >= 0.3 is 0 Å². The third-order valence-electron chi connectivity index (χ3n) is 5.47. The summed E-state index contributed by atoms with van der Waals surface area (Å²) in [6.45, 7) is 2.20. The van der Waals surface area contributed by atoms with Crippen molar-refractivity contribution in [1.82, 2.24) is 0 Å². The van der Waals surface area contributed by atoms with Crippen LogP contribution in [0.2, 0.25) is 0 Å². The van der Waals surface area contributed by atoms with Gasteiger partial charge < -0.3 is 0 Å². The van der Waals surface area contributed by atoms with E-state index in [9.17, 15) is 4.39 Å². The maximum Gasteiger partial charge on any atom is 0.199 e. The standard InChI is InChI=1S/C23H30FN/c1-2-19-8-10-21(11-9-19)16-17-22-14-12-20(13-15-22)6-4-3-5-7-23(24)18-25/h3,5,7-11,20,22H,2,4,6,12-17H2,1H3. The van der Waals surface area contributed by atoms with E-state index in [1.165, 1.54) is 68.2 Å². The second-order valence-electron chi connectivity index (χ2n) is 7.23. The van der Waals surface area contributed by atoms with Gasteiger partial charge in [0.15, 0.2) is 5.83 Å². The summed E-state index contributed by atoms with van der Waals surface area (Å²) in [5.41, 5.74) is 2.89. The number of hydrogen-bond acceptors (Lipinski definition) is 1. The molecule has 1 nitrogen and oxygen atoms in total. The van der Waals surface area contributed by atoms with Crippen LogP contribution in [0.25, 0.3) is 0 Å². The van der Waals surface area contributed by atoms with Crippen molar-refractivity contribution >= 4 is 0 Å². The second-order valence-corrected chi connectivity index (χ2v) is 7.23. The van der Waals surface area contributed by atoms with Gasteiger partial charge in [-0.05, 0) is 61.1 Å². The Balaban J connectivity index is 1.62. The van der Waals surface area contributed by atoms with Crippen LogP contribution in [0, 0.1) is 23.2 Å². The first-order valence-corrected chi connectivity index (χ1v) is 9.71. The van der Waals surface area contributed by atoms with E-state index in [-0.39, 0.29) is 0 Å². The molecular formula is C23H30FN. The molecule has 1 fully saturated rings. The summed E-state index contributed by atoms with van der Waals surface area (Å²) in [7, 11) is 0. The van der Waals surface area contributed by atoms with E-state index in [1.807, 2.05) is 6.08 Å². The van der Waals surface area contributed by atoms with Gasteiger partial charge in [-0.1, -0.05) is 69.0 Å². The smallest absolute Gasteiger partial charge is 0.195 e. The Bertz CT molecular complexity index is 598. The highest BCUT2D eigenvalue weighted by Gasteiger charge is 2.20. The summed E-state index contributed by atoms with van der Waals surface area (Å²) in [6, 6.07) is 10.6. The summed E-state index contributed by atoms with van der Waals surface area (Å²) in [4.78, 5) is 0. The normalized spacial score (nSPS) is 21.4. The topological polar surface area (TPSA) is 23.8 Å². The number of rotatable bonds is 8. The Morgan fingerprint density at radius 1 is 1.08 bits per heavy atom. The lowest BCUT2D eigenvalue weighted by atomic mass is 9.78. The predicted octanol–water partition coefficient (Wildman–Crippen LogP) is 6.70. The molecule has 0 bridgehead atoms. The van der Waals surface area contributed by atoms with E-state index in [4.69, 9.17) is 5.26 Å². The predicted molar refractivity (Wildman–Crippen MR) is 103 cm³/mol. The number of nitriles is 1. The molecule has 25 heavy (non-hydrogen) atoms. The van der Waals surface area contributed by atoms with Crippen molar-refractivity contribution in [3.8, 4) is 6.07 Å². The lowest BCUT2D eigenvalue weighted by molar-refractivity contribution is 0.254. The molecule has 0 spiro atoms. The van der Waals surface area contributed by atoms with Crippen molar-refractivity contribution in [2.24, 2.45) is 11.8 Å². The molecule has 0 aromatic heterocycles. The zero-order valence-electron chi connectivity index (χ0n) is 15.4. The van der Waals surface area contributed by atoms with Crippen molar-refractivity contribution in [3.63, 3.8) is 0 Å². The van der Waals surface area contributed by atoms with Crippen LogP contribution in [0.15, 0.2) is 48.3 Å². The molecule has 0 amide bonds. The minimum absolute atomic E-state index is 0.721. The van der Waals surface area contributed by atoms with Crippen LogP contribution in [0.3, 0.4) is 0 Å². The number of aryl methyl sites for hydroxylation is 2. The fraction of sp³-hybridized carbons (Fsp3) is 0.522. The van der Waals surface area contributed by atoms with Crippen molar-refractivity contribution in [1.29, 1.82) is 5.26 Å². The number of nitrogens with zero attached hydrogens (tertiary/aromatic N) is 1. The molecule has 0 heterocycles. The van der Waals surface area contributed by atoms with Crippen LogP contribution in [0.5, 0.6) is 0 Å². The number of allylic oxidation sites excluding steroid dienone is 4. The van der Waals surface area contributed by atoms with Crippen LogP contribution < -0.4 is 0 Å². The quantitative estimate of drug-likeness (QED) is 0.382. The molecule has 0 aliphatic heterocycles. The summed E-state index contributed by atoms with van der Waals surface area (Å²) >= 11 is 0. The van der Waals surface area contributed by atoms with Crippen LogP contribution in [-0.2, 0) is 12.8 Å². The Morgan fingerprint density at radius 2 is 1.68 bits per heavy atom. The van der Waals surface area contributed by atoms with Crippen LogP contribution in [0.1, 0.15) is 63.0 Å². The fourth-order valence-corrected chi connectivity index (χ4v) is 3.74. The number of benzene rings is 1. The maximum absolute atomic E-state index is 12.6. The Morgan fingerprint density at radius 3 is 2.28 bits per heavy atom. The molecule has 0 saturated heterocycles. The molecule has 2 rings (SSSR count). The average Bonchev–Trinajstić information content (AvgIpc) is 2.67. The molecule has 0 atom stereocenters. The first-order chi connectivity index (χ1) is 12.2. The molecule has 1 aliphatic rings. The zero-order chi connectivity index (χ0) is 17.9. The van der Waals surface area contributed by atoms with Gasteiger partial charge in [-0.15, -0.1) is 0 Å². The summed E-state index contributed by atoms with van der Waals surface area (Å²) in [6.07, 6.45) is 16.0. The molecular weight excluding hydrogens is 309 g/mol. The van der Waals surface area contributed by atoms with E-state index in [1.54, 1.807) is 6.08 Å². The first kappa shape index (κ1) is 19.4. The molecule has 0 N–H and O–H groups in total. The Labute approximate surface area is 152 Å². The van der Waals surface area contributed by atoms with Gasteiger partial charge in [0.1, 0.15) is 6.07 Å². The molecule has 0 radical (unpaired) electrons. The monoisotopic (exact) mass is 339 g/mol. The highest BCUT2D eigenvalue weighted by atomic mass is 19.1. The van der Waals surface area contributed by atoms with Crippen molar-refractivity contribution in [3.05, 3.63) is 59.4 Å². The first-order valence-electron chi connectivity index (χ1n) is 9.71. The van der Waals surface area contributed by atoms with E-state index in [0.29, 0.717) is 0 Å². The number of halogens is 1. The summed E-state index contributed by atoms with van der Waals surface area (Å²) in [5.74, 6) is 0.973. The summed E-state index contributed by atoms with van der Waals surface area (Å²) in [5, 5.41) is 8.33. The van der Waals surface area contributed by atoms with E-state index >= 15 is 0 Å². The SMILES string of the molecule is CCc1ccc(CCC2CCC(CCC=CC=C(F)C#N)CC2)cc1. The summed E-state index contributed by atoms with van der Waals surface area (Å²) < 4.78 is 12.6. The zero-order valence-corrected chi connectivity index (χ0v) is 15.4. The van der Waals surface area contributed by atoms with Gasteiger partial charge in [-0.2, -0.15) is 9.65 Å². The highest BCUT2D eigenvalue weighted by Crippen LogP contribution is 2.34. The second kappa shape index (κ2) is 10.9. The molecule has 1 saturated carbocycles. The highest BCUT2D eigenvalue weighted by molar-refractivity contribution is 5.22. The van der Waals surface area contributed by atoms with Gasteiger partial charge in [-0.25, -0.2) is 0 Å². The van der Waals surface area contributed by atoms with Gasteiger partial charge in [0.2, 0.25) is 0 Å². The van der Waals surface area contributed by atoms with Gasteiger partial charge in [0.05, 0.1) is 0 Å². The third kappa shape index (κ3) is 7.26. The minimum Gasteiger partial charge on any atom is -0.195 e. The van der Waals surface area contributed by atoms with Crippen LogP contribution in [-0.4, -0.2) is 0 Å². The lowest BCUT2D eigenvalue weighted by Crippen LogP contribution is -2.15. The molecule has 1 aromatic rings. The van der Waals surface area contributed by atoms with Crippen LogP contribution in [0.4, 0.5) is 4.39 Å². The van der Waals surface area contributed by atoms with Gasteiger partial charge in [0, 0.05) is 0 Å².